The molecule has 0 radical (unpaired) electrons. The van der Waals surface area contributed by atoms with Crippen LogP contribution in [0.1, 0.15) is 11.3 Å². The third kappa shape index (κ3) is 4.67. The average Bonchev–Trinajstić information content (AvgIpc) is 3.07. The first-order valence-corrected chi connectivity index (χ1v) is 8.91. The first-order chi connectivity index (χ1) is 13.0. The van der Waals surface area contributed by atoms with Gasteiger partial charge in [0.1, 0.15) is 0 Å². The van der Waals surface area contributed by atoms with Crippen LogP contribution in [-0.4, -0.2) is 26.7 Å². The lowest BCUT2D eigenvalue weighted by Gasteiger charge is -2.12. The van der Waals surface area contributed by atoms with Gasteiger partial charge in [0.05, 0.1) is 23.3 Å². The summed E-state index contributed by atoms with van der Waals surface area (Å²) in [4.78, 5) is 4.22. The Morgan fingerprint density at radius 2 is 1.79 bits per heavy atom. The number of aromatic nitrogens is 3. The summed E-state index contributed by atoms with van der Waals surface area (Å²) < 4.78 is 78.3. The van der Waals surface area contributed by atoms with E-state index in [2.05, 4.69) is 10.1 Å². The molecule has 0 saturated carbocycles. The van der Waals surface area contributed by atoms with Crippen LogP contribution in [0.5, 0.6) is 0 Å². The van der Waals surface area contributed by atoms with E-state index in [0.29, 0.717) is 33.5 Å². The lowest BCUT2D eigenvalue weighted by atomic mass is 10.1. The summed E-state index contributed by atoms with van der Waals surface area (Å²) in [5, 5.41) is 3.63. The highest BCUT2D eigenvalue weighted by atomic mass is 32.2. The molecule has 0 aliphatic heterocycles. The second-order valence-electron chi connectivity index (χ2n) is 5.92. The standard InChI is InChI=1S/C18H13F6N3S/c1-11-4-5-12(7-15(11)28-10-17(19,20)21)14-8-16(18(22,23)24)26-27(14)13-3-2-6-25-9-13/h2-9H,10H2,1H3. The van der Waals surface area contributed by atoms with Crippen LogP contribution >= 0.6 is 11.8 Å². The molecule has 0 aliphatic rings. The molecule has 1 aromatic carbocycles. The van der Waals surface area contributed by atoms with Crippen molar-refractivity contribution in [2.24, 2.45) is 0 Å². The van der Waals surface area contributed by atoms with Gasteiger partial charge in [0.2, 0.25) is 0 Å². The van der Waals surface area contributed by atoms with Gasteiger partial charge < -0.3 is 0 Å². The average molecular weight is 417 g/mol. The van der Waals surface area contributed by atoms with Crippen molar-refractivity contribution in [3.05, 3.63) is 60.0 Å². The quantitative estimate of drug-likeness (QED) is 0.390. The minimum absolute atomic E-state index is 0.106. The van der Waals surface area contributed by atoms with Crippen molar-refractivity contribution in [1.82, 2.24) is 14.8 Å². The fourth-order valence-electron chi connectivity index (χ4n) is 2.48. The van der Waals surface area contributed by atoms with Gasteiger partial charge in [-0.1, -0.05) is 12.1 Å². The third-order valence-corrected chi connectivity index (χ3v) is 4.99. The maximum atomic E-state index is 13.2. The molecule has 0 saturated heterocycles. The topological polar surface area (TPSA) is 30.7 Å². The lowest BCUT2D eigenvalue weighted by molar-refractivity contribution is -0.141. The molecule has 0 unspecified atom stereocenters. The minimum Gasteiger partial charge on any atom is -0.262 e. The van der Waals surface area contributed by atoms with Gasteiger partial charge in [-0.05, 0) is 36.8 Å². The molecular formula is C18H13F6N3S. The van der Waals surface area contributed by atoms with Crippen molar-refractivity contribution < 1.29 is 26.3 Å². The molecule has 0 N–H and O–H groups in total. The Kier molecular flexibility index (Phi) is 5.42. The summed E-state index contributed by atoms with van der Waals surface area (Å²) in [6.07, 6.45) is -6.20. The first kappa shape index (κ1) is 20.2. The van der Waals surface area contributed by atoms with Crippen LogP contribution in [0.15, 0.2) is 53.7 Å². The van der Waals surface area contributed by atoms with Gasteiger partial charge in [-0.15, -0.1) is 11.8 Å². The number of alkyl halides is 6. The molecule has 0 spiro atoms. The smallest absolute Gasteiger partial charge is 0.262 e. The number of hydrogen-bond acceptors (Lipinski definition) is 3. The summed E-state index contributed by atoms with van der Waals surface area (Å²) in [5.41, 5.74) is 0.229. The Hall–Kier alpha value is -2.49. The molecule has 0 aliphatic carbocycles. The van der Waals surface area contributed by atoms with E-state index in [-0.39, 0.29) is 5.69 Å². The second-order valence-corrected chi connectivity index (χ2v) is 6.94. The lowest BCUT2D eigenvalue weighted by Crippen LogP contribution is -2.10. The van der Waals surface area contributed by atoms with Gasteiger partial charge in [-0.3, -0.25) is 4.98 Å². The van der Waals surface area contributed by atoms with E-state index in [0.717, 1.165) is 10.7 Å². The highest BCUT2D eigenvalue weighted by molar-refractivity contribution is 7.99. The molecule has 148 valence electrons. The fraction of sp³-hybridized carbons (Fsp3) is 0.222. The highest BCUT2D eigenvalue weighted by Gasteiger charge is 2.35. The first-order valence-electron chi connectivity index (χ1n) is 7.93. The zero-order chi connectivity index (χ0) is 20.5. The van der Waals surface area contributed by atoms with Crippen LogP contribution < -0.4 is 0 Å². The number of hydrogen-bond donors (Lipinski definition) is 0. The van der Waals surface area contributed by atoms with E-state index in [4.69, 9.17) is 0 Å². The summed E-state index contributed by atoms with van der Waals surface area (Å²) in [7, 11) is 0. The van der Waals surface area contributed by atoms with E-state index < -0.39 is 23.8 Å². The van der Waals surface area contributed by atoms with Gasteiger partial charge in [-0.25, -0.2) is 4.68 Å². The summed E-state index contributed by atoms with van der Waals surface area (Å²) in [6, 6.07) is 8.52. The van der Waals surface area contributed by atoms with Crippen molar-refractivity contribution in [2.45, 2.75) is 24.2 Å². The number of nitrogens with zero attached hydrogens (tertiary/aromatic N) is 3. The minimum atomic E-state index is -4.67. The van der Waals surface area contributed by atoms with Crippen LogP contribution in [0.25, 0.3) is 16.9 Å². The maximum absolute atomic E-state index is 13.2. The van der Waals surface area contributed by atoms with Crippen LogP contribution in [-0.2, 0) is 6.18 Å². The van der Waals surface area contributed by atoms with Crippen LogP contribution in [0, 0.1) is 6.92 Å². The zero-order valence-electron chi connectivity index (χ0n) is 14.3. The molecular weight excluding hydrogens is 404 g/mol. The van der Waals surface area contributed by atoms with Crippen LogP contribution in [0.4, 0.5) is 26.3 Å². The Bertz CT molecular complexity index is 964. The van der Waals surface area contributed by atoms with E-state index in [1.165, 1.54) is 24.5 Å². The van der Waals surface area contributed by atoms with E-state index >= 15 is 0 Å². The van der Waals surface area contributed by atoms with Gasteiger partial charge >= 0.3 is 12.4 Å². The molecule has 28 heavy (non-hydrogen) atoms. The predicted octanol–water partition coefficient (Wildman–Crippen LogP) is 5.92. The number of halogens is 6. The summed E-state index contributed by atoms with van der Waals surface area (Å²) in [6.45, 7) is 1.64. The van der Waals surface area contributed by atoms with Gasteiger partial charge in [0.15, 0.2) is 5.69 Å². The van der Waals surface area contributed by atoms with Crippen molar-refractivity contribution in [3.63, 3.8) is 0 Å². The largest absolute Gasteiger partial charge is 0.435 e. The van der Waals surface area contributed by atoms with E-state index in [9.17, 15) is 26.3 Å². The molecule has 10 heteroatoms. The molecule has 0 atom stereocenters. The molecule has 3 rings (SSSR count). The summed E-state index contributed by atoms with van der Waals surface area (Å²) >= 11 is 0.588. The normalized spacial score (nSPS) is 12.4. The maximum Gasteiger partial charge on any atom is 0.435 e. The number of thioether (sulfide) groups is 1. The van der Waals surface area contributed by atoms with Crippen molar-refractivity contribution in [3.8, 4) is 16.9 Å². The van der Waals surface area contributed by atoms with Gasteiger partial charge in [0, 0.05) is 16.7 Å². The van der Waals surface area contributed by atoms with Crippen molar-refractivity contribution >= 4 is 11.8 Å². The number of benzene rings is 1. The number of aryl methyl sites for hydroxylation is 1. The zero-order valence-corrected chi connectivity index (χ0v) is 15.2. The molecule has 2 heterocycles. The van der Waals surface area contributed by atoms with Gasteiger partial charge in [-0.2, -0.15) is 31.4 Å². The number of pyridine rings is 1. The van der Waals surface area contributed by atoms with Crippen molar-refractivity contribution in [2.75, 3.05) is 5.75 Å². The summed E-state index contributed by atoms with van der Waals surface area (Å²) in [5.74, 6) is -1.09. The molecule has 0 amide bonds. The van der Waals surface area contributed by atoms with E-state index in [1.807, 2.05) is 0 Å². The Morgan fingerprint density at radius 1 is 1.04 bits per heavy atom. The third-order valence-electron chi connectivity index (χ3n) is 3.77. The SMILES string of the molecule is Cc1ccc(-c2cc(C(F)(F)F)nn2-c2cccnc2)cc1SCC(F)(F)F. The Morgan fingerprint density at radius 3 is 2.39 bits per heavy atom. The molecule has 0 bridgehead atoms. The van der Waals surface area contributed by atoms with Gasteiger partial charge in [0.25, 0.3) is 0 Å². The fourth-order valence-corrected chi connectivity index (χ4v) is 3.30. The Balaban J connectivity index is 2.09. The predicted molar refractivity (Wildman–Crippen MR) is 93.3 cm³/mol. The highest BCUT2D eigenvalue weighted by Crippen LogP contribution is 2.36. The Labute approximate surface area is 160 Å². The van der Waals surface area contributed by atoms with E-state index in [1.54, 1.807) is 25.1 Å². The monoisotopic (exact) mass is 417 g/mol. The van der Waals surface area contributed by atoms with Crippen molar-refractivity contribution in [1.29, 1.82) is 0 Å². The molecule has 0 fully saturated rings. The second kappa shape index (κ2) is 7.50. The van der Waals surface area contributed by atoms with Crippen LogP contribution in [0.3, 0.4) is 0 Å². The van der Waals surface area contributed by atoms with Crippen LogP contribution in [0.2, 0.25) is 0 Å². The molecule has 2 aromatic heterocycles. The number of rotatable bonds is 4. The molecule has 3 nitrogen and oxygen atoms in total. The molecule has 3 aromatic rings.